The molecule has 3 heterocycles. The monoisotopic (exact) mass is 637 g/mol. The molecule has 2 atom stereocenters. The number of ketones is 1. The molecule has 0 radical (unpaired) electrons. The second-order valence-corrected chi connectivity index (χ2v) is 12.9. The molecule has 1 fully saturated rings. The van der Waals surface area contributed by atoms with Gasteiger partial charge in [0.2, 0.25) is 5.95 Å². The van der Waals surface area contributed by atoms with Crippen molar-refractivity contribution in [2.75, 3.05) is 56.1 Å². The van der Waals surface area contributed by atoms with Gasteiger partial charge >= 0.3 is 0 Å². The molecule has 2 aromatic heterocycles. The van der Waals surface area contributed by atoms with Crippen LogP contribution in [0.15, 0.2) is 31.0 Å². The summed E-state index contributed by atoms with van der Waals surface area (Å²) in [5.41, 5.74) is 1.20. The predicted octanol–water partition coefficient (Wildman–Crippen LogP) is 4.82. The number of carbonyl (C=O) groups excluding carboxylic acids is 1. The van der Waals surface area contributed by atoms with Crippen LogP contribution in [0.4, 0.5) is 11.8 Å². The minimum Gasteiger partial charge on any atom is -0.495 e. The lowest BCUT2D eigenvalue weighted by molar-refractivity contribution is -0.116. The van der Waals surface area contributed by atoms with Crippen LogP contribution in [0.1, 0.15) is 19.8 Å². The van der Waals surface area contributed by atoms with E-state index in [2.05, 4.69) is 22.2 Å². The Morgan fingerprint density at radius 1 is 1.19 bits per heavy atom. The Balaban J connectivity index is 1.78. The fraction of sp³-hybridized carbons (Fsp3) is 0.429. The molecular formula is C28H33Cl2N5O6S. The zero-order valence-corrected chi connectivity index (χ0v) is 25.9. The summed E-state index contributed by atoms with van der Waals surface area (Å²) >= 11 is 13.3. The molecule has 0 bridgehead atoms. The third-order valence-electron chi connectivity index (χ3n) is 7.05. The minimum absolute atomic E-state index is 0.0208. The Bertz CT molecular complexity index is 1560. The first kappa shape index (κ1) is 31.7. The number of rotatable bonds is 13. The number of halogens is 2. The third kappa shape index (κ3) is 7.23. The number of allylic oxidation sites excluding steroid dienone is 1. The summed E-state index contributed by atoms with van der Waals surface area (Å²) in [5, 5.41) is 7.48. The van der Waals surface area contributed by atoms with E-state index >= 15 is 0 Å². The molecular weight excluding hydrogens is 605 g/mol. The van der Waals surface area contributed by atoms with Crippen LogP contribution in [-0.2, 0) is 19.4 Å². The number of nitrogens with zero attached hydrogens (tertiary/aromatic N) is 3. The molecule has 1 saturated heterocycles. The largest absolute Gasteiger partial charge is 0.495 e. The van der Waals surface area contributed by atoms with Crippen molar-refractivity contribution in [2.24, 2.45) is 5.92 Å². The molecule has 0 aliphatic carbocycles. The highest BCUT2D eigenvalue weighted by atomic mass is 35.5. The molecule has 226 valence electrons. The summed E-state index contributed by atoms with van der Waals surface area (Å²) in [6.07, 6.45) is 4.00. The SMILES string of the molecule is C=CC(=O)C[C@H]1CCOC[C@H]1Nc1ncc2cc(-c3c(Cl)c(OC)cc(OC)c3Cl)nc(NCCS(=O)(=O)CC)c2n1. The number of ether oxygens (including phenoxy) is 3. The predicted molar refractivity (Wildman–Crippen MR) is 165 cm³/mol. The average Bonchev–Trinajstić information content (AvgIpc) is 2.98. The van der Waals surface area contributed by atoms with Crippen LogP contribution in [0.3, 0.4) is 0 Å². The van der Waals surface area contributed by atoms with Crippen molar-refractivity contribution in [3.8, 4) is 22.8 Å². The molecule has 3 aromatic rings. The zero-order chi connectivity index (χ0) is 30.4. The van der Waals surface area contributed by atoms with Gasteiger partial charge in [-0.05, 0) is 24.5 Å². The van der Waals surface area contributed by atoms with Crippen molar-refractivity contribution >= 4 is 61.5 Å². The van der Waals surface area contributed by atoms with Crippen LogP contribution in [0, 0.1) is 5.92 Å². The Labute approximate surface area is 254 Å². The number of fused-ring (bicyclic) bond motifs is 1. The molecule has 0 unspecified atom stereocenters. The van der Waals surface area contributed by atoms with Crippen molar-refractivity contribution in [1.29, 1.82) is 0 Å². The van der Waals surface area contributed by atoms with Gasteiger partial charge in [-0.25, -0.2) is 23.4 Å². The third-order valence-corrected chi connectivity index (χ3v) is 9.50. The van der Waals surface area contributed by atoms with Gasteiger partial charge in [-0.1, -0.05) is 36.7 Å². The summed E-state index contributed by atoms with van der Waals surface area (Å²) in [5.74, 6) is 1.21. The van der Waals surface area contributed by atoms with Crippen molar-refractivity contribution < 1.29 is 27.4 Å². The van der Waals surface area contributed by atoms with Crippen LogP contribution in [0.25, 0.3) is 22.2 Å². The number of nitrogens with one attached hydrogen (secondary N) is 2. The molecule has 0 saturated carbocycles. The summed E-state index contributed by atoms with van der Waals surface area (Å²) in [7, 11) is -0.287. The van der Waals surface area contributed by atoms with Crippen LogP contribution >= 0.6 is 23.2 Å². The highest BCUT2D eigenvalue weighted by molar-refractivity contribution is 7.91. The van der Waals surface area contributed by atoms with Gasteiger partial charge < -0.3 is 24.8 Å². The molecule has 42 heavy (non-hydrogen) atoms. The number of anilines is 2. The first-order chi connectivity index (χ1) is 20.1. The van der Waals surface area contributed by atoms with Gasteiger partial charge in [0.05, 0.1) is 48.4 Å². The fourth-order valence-electron chi connectivity index (χ4n) is 4.63. The van der Waals surface area contributed by atoms with Crippen LogP contribution < -0.4 is 20.1 Å². The molecule has 2 N–H and O–H groups in total. The highest BCUT2D eigenvalue weighted by Gasteiger charge is 2.28. The zero-order valence-electron chi connectivity index (χ0n) is 23.6. The Morgan fingerprint density at radius 2 is 1.90 bits per heavy atom. The molecule has 4 rings (SSSR count). The lowest BCUT2D eigenvalue weighted by Crippen LogP contribution is -2.40. The van der Waals surface area contributed by atoms with E-state index in [9.17, 15) is 13.2 Å². The first-order valence-electron chi connectivity index (χ1n) is 13.3. The molecule has 1 aliphatic rings. The maximum atomic E-state index is 12.2. The number of methoxy groups -OCH3 is 2. The van der Waals surface area contributed by atoms with E-state index < -0.39 is 9.84 Å². The van der Waals surface area contributed by atoms with Crippen LogP contribution in [-0.4, -0.2) is 80.7 Å². The topological polar surface area (TPSA) is 142 Å². The lowest BCUT2D eigenvalue weighted by atomic mass is 9.90. The van der Waals surface area contributed by atoms with E-state index in [1.165, 1.54) is 20.3 Å². The number of sulfone groups is 1. The van der Waals surface area contributed by atoms with Gasteiger partial charge in [0, 0.05) is 48.5 Å². The second kappa shape index (κ2) is 13.9. The number of pyridine rings is 1. The van der Waals surface area contributed by atoms with Gasteiger partial charge in [0.1, 0.15) is 17.0 Å². The molecule has 1 aromatic carbocycles. The van der Waals surface area contributed by atoms with E-state index in [0.29, 0.717) is 71.5 Å². The van der Waals surface area contributed by atoms with Crippen LogP contribution in [0.5, 0.6) is 11.5 Å². The van der Waals surface area contributed by atoms with Crippen LogP contribution in [0.2, 0.25) is 10.0 Å². The van der Waals surface area contributed by atoms with Gasteiger partial charge in [-0.15, -0.1) is 0 Å². The number of hydrogen-bond donors (Lipinski definition) is 2. The Morgan fingerprint density at radius 3 is 2.55 bits per heavy atom. The van der Waals surface area contributed by atoms with Gasteiger partial charge in [0.15, 0.2) is 21.4 Å². The Kier molecular flexibility index (Phi) is 10.5. The number of carbonyl (C=O) groups is 1. The summed E-state index contributed by atoms with van der Waals surface area (Å²) in [6.45, 7) is 6.22. The van der Waals surface area contributed by atoms with E-state index in [-0.39, 0.29) is 45.8 Å². The van der Waals surface area contributed by atoms with E-state index in [0.717, 1.165) is 0 Å². The van der Waals surface area contributed by atoms with E-state index in [4.69, 9.17) is 47.4 Å². The first-order valence-corrected chi connectivity index (χ1v) is 15.9. The maximum absolute atomic E-state index is 12.2. The summed E-state index contributed by atoms with van der Waals surface area (Å²) < 4.78 is 40.8. The number of hydrogen-bond acceptors (Lipinski definition) is 11. The molecule has 11 nitrogen and oxygen atoms in total. The average molecular weight is 639 g/mol. The standard InChI is InChI=1S/C28H33Cl2N5O6S/c1-5-18(36)11-16-7-9-41-15-20(16)34-28-32-14-17-12-19(23-24(29)21(39-3)13-22(40-4)25(23)30)33-27(26(17)35-28)31-8-10-42(37,38)6-2/h5,12-14,16,20H,1,6-11,15H2,2-4H3,(H,31,33)(H,32,34,35)/t16-,20-/m1/s1. The molecule has 14 heteroatoms. The lowest BCUT2D eigenvalue weighted by Gasteiger charge is -2.31. The summed E-state index contributed by atoms with van der Waals surface area (Å²) in [4.78, 5) is 26.0. The van der Waals surface area contributed by atoms with Crippen molar-refractivity contribution in [3.63, 3.8) is 0 Å². The molecule has 0 spiro atoms. The van der Waals surface area contributed by atoms with Crippen molar-refractivity contribution in [2.45, 2.75) is 25.8 Å². The van der Waals surface area contributed by atoms with E-state index in [1.807, 2.05) is 0 Å². The molecule has 1 aliphatic heterocycles. The smallest absolute Gasteiger partial charge is 0.223 e. The van der Waals surface area contributed by atoms with Gasteiger partial charge in [-0.2, -0.15) is 0 Å². The Hall–Kier alpha value is -3.19. The fourth-order valence-corrected chi connectivity index (χ4v) is 6.03. The maximum Gasteiger partial charge on any atom is 0.223 e. The van der Waals surface area contributed by atoms with Gasteiger partial charge in [-0.3, -0.25) is 4.79 Å². The number of aromatic nitrogens is 3. The number of benzene rings is 1. The quantitative estimate of drug-likeness (QED) is 0.249. The minimum atomic E-state index is -3.24. The molecule has 0 amide bonds. The summed E-state index contributed by atoms with van der Waals surface area (Å²) in [6, 6.07) is 3.12. The van der Waals surface area contributed by atoms with Crippen molar-refractivity contribution in [3.05, 3.63) is 41.0 Å². The van der Waals surface area contributed by atoms with E-state index in [1.54, 1.807) is 25.3 Å². The van der Waals surface area contributed by atoms with Gasteiger partial charge in [0.25, 0.3) is 0 Å². The highest BCUT2D eigenvalue weighted by Crippen LogP contribution is 2.46. The second-order valence-electron chi connectivity index (χ2n) is 9.68. The normalized spacial score (nSPS) is 17.1. The van der Waals surface area contributed by atoms with Crippen molar-refractivity contribution in [1.82, 2.24) is 15.0 Å².